The molecular formula is C25H27N3O4. The van der Waals surface area contributed by atoms with Crippen molar-refractivity contribution in [2.24, 2.45) is 5.92 Å². The van der Waals surface area contributed by atoms with Crippen molar-refractivity contribution in [2.75, 3.05) is 23.8 Å². The third-order valence-electron chi connectivity index (χ3n) is 7.00. The van der Waals surface area contributed by atoms with E-state index in [0.717, 1.165) is 36.2 Å². The first-order chi connectivity index (χ1) is 15.4. The van der Waals surface area contributed by atoms with Gasteiger partial charge in [0.2, 0.25) is 11.8 Å². The van der Waals surface area contributed by atoms with Crippen molar-refractivity contribution in [1.29, 1.82) is 0 Å². The van der Waals surface area contributed by atoms with E-state index in [4.69, 9.17) is 4.74 Å². The van der Waals surface area contributed by atoms with Gasteiger partial charge in [0.25, 0.3) is 0 Å². The number of hydrogen-bond acceptors (Lipinski definition) is 5. The topological polar surface area (TPSA) is 87.7 Å². The second-order valence-electron chi connectivity index (χ2n) is 8.83. The second-order valence-corrected chi connectivity index (χ2v) is 8.83. The van der Waals surface area contributed by atoms with Gasteiger partial charge in [0.05, 0.1) is 18.1 Å². The van der Waals surface area contributed by atoms with E-state index in [9.17, 15) is 14.4 Å². The largest absolute Gasteiger partial charge is 0.462 e. The summed E-state index contributed by atoms with van der Waals surface area (Å²) in [5.41, 5.74) is 2.82. The zero-order valence-corrected chi connectivity index (χ0v) is 18.3. The van der Waals surface area contributed by atoms with Gasteiger partial charge in [-0.1, -0.05) is 17.7 Å². The lowest BCUT2D eigenvalue weighted by Gasteiger charge is -2.36. The van der Waals surface area contributed by atoms with Crippen LogP contribution in [-0.4, -0.2) is 41.9 Å². The van der Waals surface area contributed by atoms with Gasteiger partial charge in [-0.05, 0) is 70.0 Å². The molecule has 166 valence electrons. The van der Waals surface area contributed by atoms with Crippen LogP contribution in [0.1, 0.15) is 47.7 Å². The maximum Gasteiger partial charge on any atom is 0.338 e. The monoisotopic (exact) mass is 433 g/mol. The van der Waals surface area contributed by atoms with Crippen LogP contribution in [0.25, 0.3) is 0 Å². The number of anilines is 2. The fourth-order valence-electron chi connectivity index (χ4n) is 5.67. The number of amides is 2. The standard InChI is InChI=1S/C25H27N3O4/c1-3-32-23(30)16-7-9-17(10-8-16)26-22(29)20-14-18-5-4-12-28(18)25(20)19-13-15(2)6-11-21(19)27-24(25)31/h6-11,13,18,20H,3-5,12,14H2,1-2H3,(H,26,29)(H,27,31). The van der Waals surface area contributed by atoms with Gasteiger partial charge in [0.15, 0.2) is 0 Å². The number of esters is 1. The predicted octanol–water partition coefficient (Wildman–Crippen LogP) is 3.44. The average Bonchev–Trinajstić information content (AvgIpc) is 3.43. The first-order valence-electron chi connectivity index (χ1n) is 11.2. The Kier molecular flexibility index (Phi) is 5.01. The van der Waals surface area contributed by atoms with Gasteiger partial charge in [0, 0.05) is 23.0 Å². The lowest BCUT2D eigenvalue weighted by Crippen LogP contribution is -2.53. The van der Waals surface area contributed by atoms with Crippen LogP contribution in [0.15, 0.2) is 42.5 Å². The van der Waals surface area contributed by atoms with E-state index in [2.05, 4.69) is 15.5 Å². The summed E-state index contributed by atoms with van der Waals surface area (Å²) >= 11 is 0. The number of nitrogens with zero attached hydrogens (tertiary/aromatic N) is 1. The van der Waals surface area contributed by atoms with Crippen LogP contribution in [0.4, 0.5) is 11.4 Å². The van der Waals surface area contributed by atoms with Gasteiger partial charge in [-0.3, -0.25) is 14.5 Å². The molecule has 3 unspecified atom stereocenters. The molecule has 0 aromatic heterocycles. The lowest BCUT2D eigenvalue weighted by atomic mass is 9.78. The number of hydrogen-bond donors (Lipinski definition) is 2. The van der Waals surface area contributed by atoms with E-state index >= 15 is 0 Å². The normalized spacial score (nSPS) is 26.0. The highest BCUT2D eigenvalue weighted by Gasteiger charge is 2.65. The fourth-order valence-corrected chi connectivity index (χ4v) is 5.67. The van der Waals surface area contributed by atoms with Gasteiger partial charge < -0.3 is 15.4 Å². The molecule has 7 heteroatoms. The third-order valence-corrected chi connectivity index (χ3v) is 7.00. The molecule has 3 aliphatic heterocycles. The van der Waals surface area contributed by atoms with E-state index in [1.807, 2.05) is 25.1 Å². The Bertz CT molecular complexity index is 1100. The molecule has 2 saturated heterocycles. The fraction of sp³-hybridized carbons (Fsp3) is 0.400. The molecule has 0 saturated carbocycles. The van der Waals surface area contributed by atoms with Crippen LogP contribution in [0, 0.1) is 12.8 Å². The minimum atomic E-state index is -0.975. The molecule has 1 spiro atoms. The summed E-state index contributed by atoms with van der Waals surface area (Å²) in [7, 11) is 0. The Morgan fingerprint density at radius 1 is 1.22 bits per heavy atom. The van der Waals surface area contributed by atoms with Gasteiger partial charge in [-0.25, -0.2) is 4.79 Å². The highest BCUT2D eigenvalue weighted by Crippen LogP contribution is 2.55. The van der Waals surface area contributed by atoms with Crippen molar-refractivity contribution >= 4 is 29.2 Å². The van der Waals surface area contributed by atoms with Gasteiger partial charge in [-0.15, -0.1) is 0 Å². The number of carbonyl (C=O) groups excluding carboxylic acids is 3. The number of benzene rings is 2. The molecule has 3 aliphatic rings. The summed E-state index contributed by atoms with van der Waals surface area (Å²) in [6.07, 6.45) is 2.67. The van der Waals surface area contributed by atoms with E-state index in [1.165, 1.54) is 0 Å². The molecular weight excluding hydrogens is 406 g/mol. The SMILES string of the molecule is CCOC(=O)c1ccc(NC(=O)C2CC3CCCN3C23C(=O)Nc2ccc(C)cc23)cc1. The molecule has 0 aliphatic carbocycles. The highest BCUT2D eigenvalue weighted by molar-refractivity contribution is 6.10. The van der Waals surface area contributed by atoms with Crippen LogP contribution >= 0.6 is 0 Å². The Hall–Kier alpha value is -3.19. The molecule has 2 aromatic carbocycles. The zero-order chi connectivity index (χ0) is 22.5. The number of aryl methyl sites for hydroxylation is 1. The highest BCUT2D eigenvalue weighted by atomic mass is 16.5. The number of nitrogens with one attached hydrogen (secondary N) is 2. The molecule has 32 heavy (non-hydrogen) atoms. The van der Waals surface area contributed by atoms with Crippen LogP contribution in [0.3, 0.4) is 0 Å². The Morgan fingerprint density at radius 3 is 2.75 bits per heavy atom. The van der Waals surface area contributed by atoms with Gasteiger partial charge >= 0.3 is 5.97 Å². The summed E-state index contributed by atoms with van der Waals surface area (Å²) in [5.74, 6) is -1.18. The first-order valence-corrected chi connectivity index (χ1v) is 11.2. The second kappa shape index (κ2) is 7.74. The summed E-state index contributed by atoms with van der Waals surface area (Å²) in [6, 6.07) is 12.8. The molecule has 5 rings (SSSR count). The van der Waals surface area contributed by atoms with Crippen molar-refractivity contribution in [2.45, 2.75) is 44.7 Å². The Labute approximate surface area is 187 Å². The van der Waals surface area contributed by atoms with E-state index in [-0.39, 0.29) is 17.9 Å². The summed E-state index contributed by atoms with van der Waals surface area (Å²) < 4.78 is 5.01. The molecule has 2 aromatic rings. The summed E-state index contributed by atoms with van der Waals surface area (Å²) in [6.45, 7) is 4.88. The minimum absolute atomic E-state index is 0.111. The smallest absolute Gasteiger partial charge is 0.338 e. The Balaban J connectivity index is 1.47. The van der Waals surface area contributed by atoms with E-state index in [1.54, 1.807) is 31.2 Å². The van der Waals surface area contributed by atoms with Crippen molar-refractivity contribution in [3.05, 3.63) is 59.2 Å². The van der Waals surface area contributed by atoms with Crippen LogP contribution in [-0.2, 0) is 19.9 Å². The zero-order valence-electron chi connectivity index (χ0n) is 18.3. The number of fused-ring (bicyclic) bond motifs is 4. The maximum atomic E-state index is 13.6. The molecule has 0 radical (unpaired) electrons. The van der Waals surface area contributed by atoms with Crippen molar-refractivity contribution < 1.29 is 19.1 Å². The van der Waals surface area contributed by atoms with Crippen molar-refractivity contribution in [3.63, 3.8) is 0 Å². The van der Waals surface area contributed by atoms with Crippen LogP contribution in [0.5, 0.6) is 0 Å². The Morgan fingerprint density at radius 2 is 2.00 bits per heavy atom. The van der Waals surface area contributed by atoms with Gasteiger partial charge in [-0.2, -0.15) is 0 Å². The molecule has 3 heterocycles. The van der Waals surface area contributed by atoms with Crippen molar-refractivity contribution in [3.8, 4) is 0 Å². The summed E-state index contributed by atoms with van der Waals surface area (Å²) in [4.78, 5) is 41.2. The van der Waals surface area contributed by atoms with Crippen molar-refractivity contribution in [1.82, 2.24) is 4.90 Å². The predicted molar refractivity (Wildman–Crippen MR) is 120 cm³/mol. The van der Waals surface area contributed by atoms with E-state index in [0.29, 0.717) is 24.3 Å². The van der Waals surface area contributed by atoms with Crippen LogP contribution < -0.4 is 10.6 Å². The lowest BCUT2D eigenvalue weighted by molar-refractivity contribution is -0.135. The molecule has 2 N–H and O–H groups in total. The molecule has 7 nitrogen and oxygen atoms in total. The van der Waals surface area contributed by atoms with E-state index < -0.39 is 17.4 Å². The quantitative estimate of drug-likeness (QED) is 0.722. The maximum absolute atomic E-state index is 13.6. The molecule has 3 atom stereocenters. The minimum Gasteiger partial charge on any atom is -0.462 e. The summed E-state index contributed by atoms with van der Waals surface area (Å²) in [5, 5.41) is 6.03. The number of carbonyl (C=O) groups is 3. The van der Waals surface area contributed by atoms with Gasteiger partial charge in [0.1, 0.15) is 5.54 Å². The first kappa shape index (κ1) is 20.7. The molecule has 0 bridgehead atoms. The molecule has 2 amide bonds. The number of rotatable bonds is 4. The third kappa shape index (κ3) is 3.03. The number of ether oxygens (including phenoxy) is 1. The van der Waals surface area contributed by atoms with Crippen LogP contribution in [0.2, 0.25) is 0 Å². The average molecular weight is 434 g/mol. The molecule has 2 fully saturated rings.